The van der Waals surface area contributed by atoms with Gasteiger partial charge >= 0.3 is 18.9 Å². The first-order valence-corrected chi connectivity index (χ1v) is 3.25. The Bertz CT molecular complexity index is 268. The normalized spacial score (nSPS) is 5.61. The molecule has 106 valence electrons. The molecule has 1 aromatic rings. The molecule has 0 radical (unpaired) electrons. The molecule has 1 rings (SSSR count). The van der Waals surface area contributed by atoms with Gasteiger partial charge in [0.2, 0.25) is 5.91 Å². The van der Waals surface area contributed by atoms with Gasteiger partial charge in [0.05, 0.1) is 0 Å². The number of amides is 1. The van der Waals surface area contributed by atoms with Crippen LogP contribution in [-0.4, -0.2) is 43.9 Å². The summed E-state index contributed by atoms with van der Waals surface area (Å²) >= 11 is 0. The summed E-state index contributed by atoms with van der Waals surface area (Å²) in [5.74, 6) is 0.0785. The van der Waals surface area contributed by atoms with Crippen molar-refractivity contribution in [2.75, 3.05) is 5.32 Å². The standard InChI is InChI=1S/C8H9NO2.Li.6H2O/c1-6(10)9-7-2-4-8(11)5-3-7;;;;;;;/h2-5,11H,1H3,(H,9,10);;6*1H2/q;+1;;;;;;. The second kappa shape index (κ2) is 21.2. The third-order valence-corrected chi connectivity index (χ3v) is 1.19. The van der Waals surface area contributed by atoms with Gasteiger partial charge < -0.3 is 43.3 Å². The van der Waals surface area contributed by atoms with Crippen molar-refractivity contribution >= 4 is 11.6 Å². The number of aromatic hydroxyl groups is 1. The number of anilines is 1. The molecule has 14 N–H and O–H groups in total. The summed E-state index contributed by atoms with van der Waals surface area (Å²) in [6, 6.07) is 6.31. The van der Waals surface area contributed by atoms with Crippen LogP contribution in [0.5, 0.6) is 5.75 Å². The first-order valence-electron chi connectivity index (χ1n) is 3.25. The van der Waals surface area contributed by atoms with Crippen LogP contribution >= 0.6 is 0 Å². The van der Waals surface area contributed by atoms with Crippen molar-refractivity contribution in [3.8, 4) is 5.75 Å². The van der Waals surface area contributed by atoms with Crippen LogP contribution in [0.3, 0.4) is 0 Å². The molecule has 1 amide bonds. The summed E-state index contributed by atoms with van der Waals surface area (Å²) in [4.78, 5) is 10.5. The number of phenolic OH excluding ortho intramolecular Hbond substituents is 1. The second-order valence-electron chi connectivity index (χ2n) is 2.23. The number of hydrogen-bond donors (Lipinski definition) is 2. The molecule has 0 unspecified atom stereocenters. The first-order chi connectivity index (χ1) is 5.18. The van der Waals surface area contributed by atoms with Gasteiger partial charge in [-0.15, -0.1) is 0 Å². The van der Waals surface area contributed by atoms with Crippen LogP contribution in [0.4, 0.5) is 5.69 Å². The quantitative estimate of drug-likeness (QED) is 0.372. The molecule has 18 heavy (non-hydrogen) atoms. The summed E-state index contributed by atoms with van der Waals surface area (Å²) < 4.78 is 0. The van der Waals surface area contributed by atoms with Crippen molar-refractivity contribution in [1.29, 1.82) is 0 Å². The summed E-state index contributed by atoms with van der Waals surface area (Å²) in [5.41, 5.74) is 0.690. The minimum atomic E-state index is -0.115. The van der Waals surface area contributed by atoms with E-state index in [-0.39, 0.29) is 63.4 Å². The van der Waals surface area contributed by atoms with Gasteiger partial charge in [-0.2, -0.15) is 0 Å². The van der Waals surface area contributed by atoms with E-state index < -0.39 is 0 Å². The number of rotatable bonds is 1. The maximum absolute atomic E-state index is 10.5. The Morgan fingerprint density at radius 1 is 0.944 bits per heavy atom. The second-order valence-corrected chi connectivity index (χ2v) is 2.23. The van der Waals surface area contributed by atoms with E-state index in [0.29, 0.717) is 5.69 Å². The number of hydrogen-bond acceptors (Lipinski definition) is 2. The molecule has 0 aromatic heterocycles. The fraction of sp³-hybridized carbons (Fsp3) is 0.125. The molecule has 0 aliphatic rings. The monoisotopic (exact) mass is 266 g/mol. The van der Waals surface area contributed by atoms with Crippen LogP contribution < -0.4 is 24.2 Å². The molecule has 0 saturated heterocycles. The molecular formula is C8H21LiNO8+. The van der Waals surface area contributed by atoms with Gasteiger partial charge in [0, 0.05) is 12.6 Å². The topological polar surface area (TPSA) is 238 Å². The minimum absolute atomic E-state index is 0. The van der Waals surface area contributed by atoms with Crippen molar-refractivity contribution in [2.24, 2.45) is 0 Å². The Morgan fingerprint density at radius 2 is 1.28 bits per heavy atom. The van der Waals surface area contributed by atoms with Crippen molar-refractivity contribution in [3.63, 3.8) is 0 Å². The van der Waals surface area contributed by atoms with Crippen LogP contribution in [0.25, 0.3) is 0 Å². The Balaban J connectivity index is -0.0000000346. The molecular weight excluding hydrogens is 245 g/mol. The van der Waals surface area contributed by atoms with Crippen LogP contribution in [0, 0.1) is 0 Å². The fourth-order valence-corrected chi connectivity index (χ4v) is 0.748. The first kappa shape index (κ1) is 43.6. The summed E-state index contributed by atoms with van der Waals surface area (Å²) in [6.07, 6.45) is 0. The van der Waals surface area contributed by atoms with E-state index in [9.17, 15) is 4.79 Å². The molecule has 0 heterocycles. The molecule has 0 bridgehead atoms. The number of phenols is 1. The maximum Gasteiger partial charge on any atom is 1.00 e. The van der Waals surface area contributed by atoms with Gasteiger partial charge in [-0.3, -0.25) is 4.79 Å². The SMILES string of the molecule is CC(=O)Nc1ccc(O)cc1.O.O.O.O.O.O.[Li+]. The minimum Gasteiger partial charge on any atom is -0.508 e. The van der Waals surface area contributed by atoms with E-state index in [1.54, 1.807) is 12.1 Å². The summed E-state index contributed by atoms with van der Waals surface area (Å²) in [7, 11) is 0. The van der Waals surface area contributed by atoms with Gasteiger partial charge in [0.15, 0.2) is 0 Å². The molecule has 0 atom stereocenters. The molecule has 10 heteroatoms. The van der Waals surface area contributed by atoms with Crippen molar-refractivity contribution < 1.29 is 61.6 Å². The van der Waals surface area contributed by atoms with Crippen LogP contribution in [0.1, 0.15) is 6.92 Å². The summed E-state index contributed by atoms with van der Waals surface area (Å²) in [6.45, 7) is 1.44. The van der Waals surface area contributed by atoms with E-state index in [2.05, 4.69) is 5.32 Å². The van der Waals surface area contributed by atoms with Crippen molar-refractivity contribution in [2.45, 2.75) is 6.92 Å². The van der Waals surface area contributed by atoms with E-state index in [1.807, 2.05) is 0 Å². The molecule has 9 nitrogen and oxygen atoms in total. The third kappa shape index (κ3) is 17.2. The number of carbonyl (C=O) groups excluding carboxylic acids is 1. The molecule has 0 spiro atoms. The predicted molar refractivity (Wildman–Crippen MR) is 64.1 cm³/mol. The molecule has 1 aromatic carbocycles. The van der Waals surface area contributed by atoms with E-state index >= 15 is 0 Å². The van der Waals surface area contributed by atoms with E-state index in [1.165, 1.54) is 19.1 Å². The van der Waals surface area contributed by atoms with Crippen molar-refractivity contribution in [3.05, 3.63) is 24.3 Å². The Labute approximate surface area is 116 Å². The number of benzene rings is 1. The van der Waals surface area contributed by atoms with Crippen LogP contribution in [-0.2, 0) is 4.79 Å². The van der Waals surface area contributed by atoms with Crippen LogP contribution in [0.2, 0.25) is 0 Å². The molecule has 0 fully saturated rings. The third-order valence-electron chi connectivity index (χ3n) is 1.19. The zero-order valence-electron chi connectivity index (χ0n) is 10.2. The Hall–Kier alpha value is -1.15. The predicted octanol–water partition coefficient (Wildman–Crippen LogP) is -6.59. The average Bonchev–Trinajstić information content (AvgIpc) is 1.93. The van der Waals surface area contributed by atoms with E-state index in [4.69, 9.17) is 5.11 Å². The average molecular weight is 266 g/mol. The number of carbonyl (C=O) groups is 1. The van der Waals surface area contributed by atoms with Gasteiger partial charge in [-0.1, -0.05) is 0 Å². The van der Waals surface area contributed by atoms with Gasteiger partial charge in [0.25, 0.3) is 0 Å². The zero-order chi connectivity index (χ0) is 8.27. The Morgan fingerprint density at radius 3 is 1.56 bits per heavy atom. The molecule has 0 aliphatic carbocycles. The van der Waals surface area contributed by atoms with Crippen LogP contribution in [0.15, 0.2) is 24.3 Å². The summed E-state index contributed by atoms with van der Waals surface area (Å²) in [5, 5.41) is 11.5. The Kier molecular flexibility index (Phi) is 51.3. The maximum atomic E-state index is 10.5. The molecule has 0 saturated carbocycles. The van der Waals surface area contributed by atoms with Gasteiger partial charge in [0.1, 0.15) is 5.75 Å². The fourth-order valence-electron chi connectivity index (χ4n) is 0.748. The van der Waals surface area contributed by atoms with Gasteiger partial charge in [-0.25, -0.2) is 0 Å². The van der Waals surface area contributed by atoms with E-state index in [0.717, 1.165) is 0 Å². The van der Waals surface area contributed by atoms with Crippen molar-refractivity contribution in [1.82, 2.24) is 0 Å². The number of nitrogens with one attached hydrogen (secondary N) is 1. The zero-order valence-corrected chi connectivity index (χ0v) is 10.2. The smallest absolute Gasteiger partial charge is 0.508 e. The molecule has 0 aliphatic heterocycles. The van der Waals surface area contributed by atoms with Gasteiger partial charge in [-0.05, 0) is 24.3 Å². The largest absolute Gasteiger partial charge is 1.00 e.